The van der Waals surface area contributed by atoms with Crippen LogP contribution in [0.1, 0.15) is 105 Å². The zero-order valence-electron chi connectivity index (χ0n) is 17.2. The zero-order valence-corrected chi connectivity index (χ0v) is 17.2. The summed E-state index contributed by atoms with van der Waals surface area (Å²) in [5.41, 5.74) is 9.20. The zero-order chi connectivity index (χ0) is 20.7. The number of hydrogen-bond donors (Lipinski definition) is 2. The molecule has 4 atom stereocenters. The molecule has 0 amide bonds. The normalized spacial score (nSPS) is 24.6. The number of carboxylic acids is 2. The first kappa shape index (κ1) is 18.7. The molecular weight excluding hydrogens is 352 g/mol. The predicted octanol–water partition coefficient (Wildman–Crippen LogP) is 5.81. The number of carboxylic acid groups (broad SMARTS) is 2. The maximum atomic E-state index is 12.1. The fourth-order valence-electron chi connectivity index (χ4n) is 5.66. The van der Waals surface area contributed by atoms with Crippen LogP contribution in [0.2, 0.25) is 0 Å². The first-order valence-corrected chi connectivity index (χ1v) is 9.89. The Balaban J connectivity index is 2.23. The highest BCUT2D eigenvalue weighted by atomic mass is 16.4. The fourth-order valence-corrected chi connectivity index (χ4v) is 5.66. The standard InChI is InChI=1S/C24H26O4/c1-9-11(3)18-13(5)20(24(27)28)14(6)19-12(4)10(2)17-8-15(23(25)26)7-16(9)21(17)22(18)19/h7-12H,1-6H3,(H,25,26)(H,27,28). The van der Waals surface area contributed by atoms with Crippen molar-refractivity contribution in [3.8, 4) is 11.1 Å². The molecule has 2 aliphatic carbocycles. The molecule has 2 aromatic carbocycles. The first-order chi connectivity index (χ1) is 13.1. The van der Waals surface area contributed by atoms with Crippen molar-refractivity contribution in [2.45, 2.75) is 65.2 Å². The van der Waals surface area contributed by atoms with Crippen molar-refractivity contribution < 1.29 is 19.8 Å². The lowest BCUT2D eigenvalue weighted by molar-refractivity contribution is 0.0684. The smallest absolute Gasteiger partial charge is 0.336 e. The van der Waals surface area contributed by atoms with E-state index in [2.05, 4.69) is 27.7 Å². The molecule has 0 fully saturated rings. The van der Waals surface area contributed by atoms with E-state index in [9.17, 15) is 19.8 Å². The average Bonchev–Trinajstić information content (AvgIpc) is 2.62. The van der Waals surface area contributed by atoms with Crippen molar-refractivity contribution in [1.29, 1.82) is 0 Å². The van der Waals surface area contributed by atoms with E-state index in [1.807, 2.05) is 26.0 Å². The van der Waals surface area contributed by atoms with Gasteiger partial charge in [-0.2, -0.15) is 0 Å². The number of aromatic carboxylic acids is 2. The van der Waals surface area contributed by atoms with Crippen LogP contribution < -0.4 is 0 Å². The molecule has 2 N–H and O–H groups in total. The Kier molecular flexibility index (Phi) is 3.97. The lowest BCUT2D eigenvalue weighted by atomic mass is 9.61. The summed E-state index contributed by atoms with van der Waals surface area (Å²) < 4.78 is 0. The lowest BCUT2D eigenvalue weighted by Gasteiger charge is -2.43. The third-order valence-corrected chi connectivity index (χ3v) is 7.40. The third-order valence-electron chi connectivity index (χ3n) is 7.40. The minimum atomic E-state index is -0.899. The molecule has 2 aromatic rings. The van der Waals surface area contributed by atoms with Crippen molar-refractivity contribution in [2.24, 2.45) is 0 Å². The largest absolute Gasteiger partial charge is 0.478 e. The van der Waals surface area contributed by atoms with E-state index < -0.39 is 11.9 Å². The van der Waals surface area contributed by atoms with Gasteiger partial charge in [0.15, 0.2) is 0 Å². The maximum absolute atomic E-state index is 12.1. The van der Waals surface area contributed by atoms with E-state index in [1.165, 1.54) is 0 Å². The van der Waals surface area contributed by atoms with Gasteiger partial charge in [0.2, 0.25) is 0 Å². The van der Waals surface area contributed by atoms with Crippen LogP contribution in [0, 0.1) is 13.8 Å². The Morgan fingerprint density at radius 1 is 0.714 bits per heavy atom. The Hall–Kier alpha value is -2.62. The minimum Gasteiger partial charge on any atom is -0.478 e. The van der Waals surface area contributed by atoms with Gasteiger partial charge < -0.3 is 10.2 Å². The lowest BCUT2D eigenvalue weighted by Crippen LogP contribution is -2.26. The maximum Gasteiger partial charge on any atom is 0.336 e. The summed E-state index contributed by atoms with van der Waals surface area (Å²) >= 11 is 0. The van der Waals surface area contributed by atoms with Gasteiger partial charge in [0.1, 0.15) is 0 Å². The second kappa shape index (κ2) is 5.94. The van der Waals surface area contributed by atoms with Gasteiger partial charge in [-0.1, -0.05) is 27.7 Å². The topological polar surface area (TPSA) is 74.6 Å². The van der Waals surface area contributed by atoms with Crippen LogP contribution in [0.15, 0.2) is 12.1 Å². The molecule has 0 heterocycles. The summed E-state index contributed by atoms with van der Waals surface area (Å²) in [5.74, 6) is -1.28. The van der Waals surface area contributed by atoms with Gasteiger partial charge in [-0.25, -0.2) is 9.59 Å². The van der Waals surface area contributed by atoms with Crippen LogP contribution in [0.3, 0.4) is 0 Å². The molecule has 0 spiro atoms. The van der Waals surface area contributed by atoms with E-state index in [4.69, 9.17) is 0 Å². The molecular formula is C24H26O4. The Morgan fingerprint density at radius 2 is 1.14 bits per heavy atom. The van der Waals surface area contributed by atoms with Gasteiger partial charge in [0, 0.05) is 0 Å². The van der Waals surface area contributed by atoms with Gasteiger partial charge in [0.25, 0.3) is 0 Å². The minimum absolute atomic E-state index is 0.122. The second-order valence-corrected chi connectivity index (χ2v) is 8.62. The summed E-state index contributed by atoms with van der Waals surface area (Å²) in [6.45, 7) is 12.4. The molecule has 146 valence electrons. The molecule has 28 heavy (non-hydrogen) atoms. The molecule has 0 bridgehead atoms. The quantitative estimate of drug-likeness (QED) is 0.692. The molecule has 4 heteroatoms. The summed E-state index contributed by atoms with van der Waals surface area (Å²) in [6.07, 6.45) is 0. The van der Waals surface area contributed by atoms with Gasteiger partial charge in [-0.3, -0.25) is 0 Å². The third kappa shape index (κ3) is 2.17. The van der Waals surface area contributed by atoms with E-state index in [0.29, 0.717) is 11.1 Å². The molecule has 0 saturated heterocycles. The summed E-state index contributed by atoms with van der Waals surface area (Å²) in [6, 6.07) is 3.65. The molecule has 4 nitrogen and oxygen atoms in total. The van der Waals surface area contributed by atoms with Gasteiger partial charge in [0.05, 0.1) is 11.1 Å². The van der Waals surface area contributed by atoms with Crippen molar-refractivity contribution >= 4 is 11.9 Å². The predicted molar refractivity (Wildman–Crippen MR) is 109 cm³/mol. The number of rotatable bonds is 2. The van der Waals surface area contributed by atoms with Crippen LogP contribution in [0.5, 0.6) is 0 Å². The van der Waals surface area contributed by atoms with Gasteiger partial charge in [-0.05, 0) is 94.2 Å². The van der Waals surface area contributed by atoms with Crippen LogP contribution in [0.4, 0.5) is 0 Å². The van der Waals surface area contributed by atoms with E-state index in [0.717, 1.165) is 44.5 Å². The van der Waals surface area contributed by atoms with Crippen molar-refractivity contribution in [3.63, 3.8) is 0 Å². The van der Waals surface area contributed by atoms with Gasteiger partial charge in [-0.15, -0.1) is 0 Å². The number of carbonyl (C=O) groups is 2. The van der Waals surface area contributed by atoms with Crippen molar-refractivity contribution in [3.05, 3.63) is 56.6 Å². The monoisotopic (exact) mass is 378 g/mol. The highest BCUT2D eigenvalue weighted by molar-refractivity contribution is 5.98. The van der Waals surface area contributed by atoms with Crippen LogP contribution in [-0.4, -0.2) is 22.2 Å². The molecule has 0 radical (unpaired) electrons. The van der Waals surface area contributed by atoms with Crippen molar-refractivity contribution in [2.75, 3.05) is 0 Å². The average molecular weight is 378 g/mol. The molecule has 4 unspecified atom stereocenters. The fraction of sp³-hybridized carbons (Fsp3) is 0.417. The highest BCUT2D eigenvalue weighted by Crippen LogP contribution is 2.58. The Labute approximate surface area is 165 Å². The Morgan fingerprint density at radius 3 is 1.50 bits per heavy atom. The highest BCUT2D eigenvalue weighted by Gasteiger charge is 2.41. The summed E-state index contributed by atoms with van der Waals surface area (Å²) in [5, 5.41) is 19.6. The molecule has 0 aromatic heterocycles. The summed E-state index contributed by atoms with van der Waals surface area (Å²) in [7, 11) is 0. The van der Waals surface area contributed by atoms with E-state index in [-0.39, 0.29) is 23.7 Å². The van der Waals surface area contributed by atoms with Crippen LogP contribution in [0.25, 0.3) is 11.1 Å². The van der Waals surface area contributed by atoms with E-state index in [1.54, 1.807) is 0 Å². The Bertz CT molecular complexity index is 999. The molecule has 0 aliphatic heterocycles. The van der Waals surface area contributed by atoms with E-state index >= 15 is 0 Å². The SMILES string of the molecule is Cc1c(C(=O)O)c(C)c2c3c1C(C)C(C)c1cc(C(=O)O)cc(c1-3)C(C)C2C. The van der Waals surface area contributed by atoms with Crippen molar-refractivity contribution in [1.82, 2.24) is 0 Å². The first-order valence-electron chi connectivity index (χ1n) is 9.89. The second-order valence-electron chi connectivity index (χ2n) is 8.62. The molecule has 2 aliphatic rings. The molecule has 4 rings (SSSR count). The van der Waals surface area contributed by atoms with Crippen LogP contribution >= 0.6 is 0 Å². The number of benzene rings is 2. The van der Waals surface area contributed by atoms with Gasteiger partial charge >= 0.3 is 11.9 Å². The molecule has 0 saturated carbocycles. The van der Waals surface area contributed by atoms with Crippen LogP contribution in [-0.2, 0) is 0 Å². The summed E-state index contributed by atoms with van der Waals surface area (Å²) in [4.78, 5) is 23.8. The number of hydrogen-bond acceptors (Lipinski definition) is 2.